The molecule has 6 heteroatoms. The predicted octanol–water partition coefficient (Wildman–Crippen LogP) is 2.03. The number of carbonyl (C=O) groups excluding carboxylic acids is 1. The number of hydrogen-bond acceptors (Lipinski definition) is 3. The molecule has 0 saturated carbocycles. The summed E-state index contributed by atoms with van der Waals surface area (Å²) in [6.07, 6.45) is 0.450. The van der Waals surface area contributed by atoms with Crippen molar-refractivity contribution < 1.29 is 14.7 Å². The number of pyridine rings is 1. The number of carbonyl (C=O) groups is 2. The van der Waals surface area contributed by atoms with E-state index in [2.05, 4.69) is 10.3 Å². The van der Waals surface area contributed by atoms with Crippen LogP contribution in [-0.4, -0.2) is 40.6 Å². The van der Waals surface area contributed by atoms with Crippen LogP contribution >= 0.6 is 0 Å². The smallest absolute Gasteiger partial charge is 0.317 e. The molecule has 1 heterocycles. The number of aryl methyl sites for hydroxylation is 1. The molecule has 1 atom stereocenters. The summed E-state index contributed by atoms with van der Waals surface area (Å²) in [7, 11) is 1.66. The molecule has 0 radical (unpaired) electrons. The predicted molar refractivity (Wildman–Crippen MR) is 79.9 cm³/mol. The van der Waals surface area contributed by atoms with Crippen molar-refractivity contribution in [3.05, 3.63) is 29.6 Å². The van der Waals surface area contributed by atoms with Gasteiger partial charge < -0.3 is 15.3 Å². The zero-order valence-corrected chi connectivity index (χ0v) is 13.0. The van der Waals surface area contributed by atoms with Crippen molar-refractivity contribution in [3.8, 4) is 0 Å². The molecule has 2 N–H and O–H groups in total. The SMILES string of the molecule is CCC(C)(CNC(=O)N(C)Cc1cccc(C)n1)C(=O)O. The fraction of sp³-hybridized carbons (Fsp3) is 0.533. The van der Waals surface area contributed by atoms with Crippen LogP contribution in [0, 0.1) is 12.3 Å². The molecule has 116 valence electrons. The maximum Gasteiger partial charge on any atom is 0.317 e. The van der Waals surface area contributed by atoms with Crippen molar-refractivity contribution in [2.24, 2.45) is 5.41 Å². The first-order valence-corrected chi connectivity index (χ1v) is 6.93. The molecule has 1 aromatic rings. The van der Waals surface area contributed by atoms with Gasteiger partial charge in [0.1, 0.15) is 0 Å². The monoisotopic (exact) mass is 293 g/mol. The van der Waals surface area contributed by atoms with Gasteiger partial charge in [-0.2, -0.15) is 0 Å². The summed E-state index contributed by atoms with van der Waals surface area (Å²) in [5.41, 5.74) is 0.743. The van der Waals surface area contributed by atoms with E-state index in [1.807, 2.05) is 25.1 Å². The first-order valence-electron chi connectivity index (χ1n) is 6.93. The summed E-state index contributed by atoms with van der Waals surface area (Å²) in [6, 6.07) is 5.33. The number of urea groups is 1. The average Bonchev–Trinajstić information content (AvgIpc) is 2.44. The highest BCUT2D eigenvalue weighted by molar-refractivity contribution is 5.77. The summed E-state index contributed by atoms with van der Waals surface area (Å²) in [5, 5.41) is 11.8. The van der Waals surface area contributed by atoms with Gasteiger partial charge in [-0.3, -0.25) is 9.78 Å². The Kier molecular flexibility index (Phi) is 5.69. The number of nitrogens with one attached hydrogen (secondary N) is 1. The van der Waals surface area contributed by atoms with Gasteiger partial charge in [-0.25, -0.2) is 4.79 Å². The summed E-state index contributed by atoms with van der Waals surface area (Å²) in [6.45, 7) is 5.79. The molecular weight excluding hydrogens is 270 g/mol. The zero-order chi connectivity index (χ0) is 16.0. The molecule has 0 spiro atoms. The molecule has 0 bridgehead atoms. The number of hydrogen-bond donors (Lipinski definition) is 2. The Bertz CT molecular complexity index is 519. The van der Waals surface area contributed by atoms with E-state index in [0.29, 0.717) is 13.0 Å². The number of aliphatic carboxylic acids is 1. The second-order valence-corrected chi connectivity index (χ2v) is 5.50. The lowest BCUT2D eigenvalue weighted by Gasteiger charge is -2.25. The average molecular weight is 293 g/mol. The largest absolute Gasteiger partial charge is 0.481 e. The summed E-state index contributed by atoms with van der Waals surface area (Å²) in [4.78, 5) is 29.0. The Morgan fingerprint density at radius 3 is 2.62 bits per heavy atom. The highest BCUT2D eigenvalue weighted by atomic mass is 16.4. The highest BCUT2D eigenvalue weighted by Gasteiger charge is 2.31. The van der Waals surface area contributed by atoms with E-state index >= 15 is 0 Å². The number of aromatic nitrogens is 1. The van der Waals surface area contributed by atoms with Crippen LogP contribution < -0.4 is 5.32 Å². The lowest BCUT2D eigenvalue weighted by molar-refractivity contribution is -0.147. The van der Waals surface area contributed by atoms with Crippen molar-refractivity contribution in [2.45, 2.75) is 33.7 Å². The number of nitrogens with zero attached hydrogens (tertiary/aromatic N) is 2. The van der Waals surface area contributed by atoms with Crippen LogP contribution in [0.2, 0.25) is 0 Å². The van der Waals surface area contributed by atoms with Gasteiger partial charge in [0.15, 0.2) is 0 Å². The number of carboxylic acid groups (broad SMARTS) is 1. The van der Waals surface area contributed by atoms with E-state index in [1.165, 1.54) is 4.90 Å². The second-order valence-electron chi connectivity index (χ2n) is 5.50. The molecule has 0 aliphatic rings. The summed E-state index contributed by atoms with van der Waals surface area (Å²) >= 11 is 0. The van der Waals surface area contributed by atoms with Gasteiger partial charge >= 0.3 is 12.0 Å². The van der Waals surface area contributed by atoms with E-state index in [0.717, 1.165) is 11.4 Å². The van der Waals surface area contributed by atoms with E-state index < -0.39 is 11.4 Å². The molecule has 6 nitrogen and oxygen atoms in total. The van der Waals surface area contributed by atoms with Gasteiger partial charge in [-0.1, -0.05) is 13.0 Å². The maximum absolute atomic E-state index is 12.0. The zero-order valence-electron chi connectivity index (χ0n) is 13.0. The van der Waals surface area contributed by atoms with Crippen LogP contribution in [0.4, 0.5) is 4.79 Å². The van der Waals surface area contributed by atoms with Crippen LogP contribution in [0.1, 0.15) is 31.7 Å². The fourth-order valence-electron chi connectivity index (χ4n) is 1.76. The van der Waals surface area contributed by atoms with Gasteiger partial charge in [0.2, 0.25) is 0 Å². The molecule has 1 unspecified atom stereocenters. The maximum atomic E-state index is 12.0. The third-order valence-electron chi connectivity index (χ3n) is 3.62. The first-order chi connectivity index (χ1) is 9.78. The molecule has 0 saturated heterocycles. The third kappa shape index (κ3) is 4.73. The third-order valence-corrected chi connectivity index (χ3v) is 3.62. The molecule has 21 heavy (non-hydrogen) atoms. The van der Waals surface area contributed by atoms with Gasteiger partial charge in [-0.05, 0) is 32.4 Å². The minimum absolute atomic E-state index is 0.100. The van der Waals surface area contributed by atoms with Crippen LogP contribution in [0.15, 0.2) is 18.2 Å². The Morgan fingerprint density at radius 1 is 1.43 bits per heavy atom. The Hall–Kier alpha value is -2.11. The molecule has 0 aliphatic heterocycles. The molecular formula is C15H23N3O3. The number of rotatable bonds is 6. The van der Waals surface area contributed by atoms with Gasteiger partial charge in [0, 0.05) is 19.3 Å². The minimum Gasteiger partial charge on any atom is -0.481 e. The second kappa shape index (κ2) is 7.06. The Morgan fingerprint density at radius 2 is 2.10 bits per heavy atom. The Labute approximate surface area is 125 Å². The topological polar surface area (TPSA) is 82.5 Å². The normalized spacial score (nSPS) is 13.3. The number of amides is 2. The van der Waals surface area contributed by atoms with E-state index in [1.54, 1.807) is 20.9 Å². The van der Waals surface area contributed by atoms with Crippen LogP contribution in [-0.2, 0) is 11.3 Å². The van der Waals surface area contributed by atoms with E-state index in [4.69, 9.17) is 0 Å². The van der Waals surface area contributed by atoms with Crippen molar-refractivity contribution in [1.29, 1.82) is 0 Å². The van der Waals surface area contributed by atoms with Crippen LogP contribution in [0.3, 0.4) is 0 Å². The van der Waals surface area contributed by atoms with E-state index in [-0.39, 0.29) is 12.6 Å². The minimum atomic E-state index is -0.946. The van der Waals surface area contributed by atoms with Gasteiger partial charge in [-0.15, -0.1) is 0 Å². The van der Waals surface area contributed by atoms with Crippen molar-refractivity contribution in [1.82, 2.24) is 15.2 Å². The standard InChI is InChI=1S/C15H23N3O3/c1-5-15(3,13(19)20)10-16-14(21)18(4)9-12-8-6-7-11(2)17-12/h6-8H,5,9-10H2,1-4H3,(H,16,21)(H,19,20). The number of carboxylic acids is 1. The van der Waals surface area contributed by atoms with Gasteiger partial charge in [0.25, 0.3) is 0 Å². The fourth-order valence-corrected chi connectivity index (χ4v) is 1.76. The molecule has 0 fully saturated rings. The highest BCUT2D eigenvalue weighted by Crippen LogP contribution is 2.19. The lowest BCUT2D eigenvalue weighted by Crippen LogP contribution is -2.45. The van der Waals surface area contributed by atoms with Crippen LogP contribution in [0.25, 0.3) is 0 Å². The molecule has 0 aromatic carbocycles. The summed E-state index contributed by atoms with van der Waals surface area (Å²) < 4.78 is 0. The Balaban J connectivity index is 2.57. The summed E-state index contributed by atoms with van der Waals surface area (Å²) in [5.74, 6) is -0.909. The van der Waals surface area contributed by atoms with Crippen molar-refractivity contribution in [2.75, 3.05) is 13.6 Å². The van der Waals surface area contributed by atoms with Crippen molar-refractivity contribution >= 4 is 12.0 Å². The van der Waals surface area contributed by atoms with Crippen LogP contribution in [0.5, 0.6) is 0 Å². The van der Waals surface area contributed by atoms with Crippen molar-refractivity contribution in [3.63, 3.8) is 0 Å². The van der Waals surface area contributed by atoms with E-state index in [9.17, 15) is 14.7 Å². The molecule has 2 amide bonds. The molecule has 0 aliphatic carbocycles. The quantitative estimate of drug-likeness (QED) is 0.840. The molecule has 1 rings (SSSR count). The first kappa shape index (κ1) is 16.9. The molecule has 1 aromatic heterocycles. The lowest BCUT2D eigenvalue weighted by atomic mass is 9.88. The van der Waals surface area contributed by atoms with Gasteiger partial charge in [0.05, 0.1) is 17.7 Å².